The van der Waals surface area contributed by atoms with Gasteiger partial charge in [0, 0.05) is 18.3 Å². The molecule has 2 N–H and O–H groups in total. The Hall–Kier alpha value is -2.39. The molecule has 3 nitrogen and oxygen atoms in total. The van der Waals surface area contributed by atoms with Crippen LogP contribution >= 0.6 is 0 Å². The lowest BCUT2D eigenvalue weighted by Crippen LogP contribution is -2.25. The van der Waals surface area contributed by atoms with E-state index in [0.29, 0.717) is 0 Å². The minimum atomic E-state index is -0.0919. The molecular formula is C18H18N2O. The van der Waals surface area contributed by atoms with Crippen LogP contribution in [0.1, 0.15) is 16.7 Å². The number of nitrogens with one attached hydrogen (secondary N) is 2. The molecule has 0 aromatic heterocycles. The van der Waals surface area contributed by atoms with E-state index in [4.69, 9.17) is 0 Å². The van der Waals surface area contributed by atoms with Crippen LogP contribution < -0.4 is 10.6 Å². The molecule has 0 atom stereocenters. The number of carbonyl (C=O) groups is 1. The molecule has 0 saturated carbocycles. The van der Waals surface area contributed by atoms with Gasteiger partial charge in [0.2, 0.25) is 5.91 Å². The van der Waals surface area contributed by atoms with Gasteiger partial charge in [-0.25, -0.2) is 0 Å². The van der Waals surface area contributed by atoms with Crippen LogP contribution in [0, 0.1) is 0 Å². The van der Waals surface area contributed by atoms with Crippen LogP contribution in [0.5, 0.6) is 0 Å². The Morgan fingerprint density at radius 3 is 2.81 bits per heavy atom. The zero-order chi connectivity index (χ0) is 14.5. The molecule has 21 heavy (non-hydrogen) atoms. The standard InChI is InChI=1S/C18H18N2O/c21-18(10-9-14-5-2-1-3-6-14)20-17-8-4-7-15-13-19-12-11-16(15)17/h1-10,19H,11-13H2,(H,20,21)/b10-9+. The third-order valence-corrected chi connectivity index (χ3v) is 3.62. The fraction of sp³-hybridized carbons (Fsp3) is 0.167. The molecule has 0 fully saturated rings. The van der Waals surface area contributed by atoms with Crippen molar-refractivity contribution in [2.45, 2.75) is 13.0 Å². The molecular weight excluding hydrogens is 260 g/mol. The van der Waals surface area contributed by atoms with Gasteiger partial charge in [-0.2, -0.15) is 0 Å². The number of benzene rings is 2. The molecule has 3 heteroatoms. The molecule has 1 amide bonds. The topological polar surface area (TPSA) is 41.1 Å². The zero-order valence-corrected chi connectivity index (χ0v) is 11.8. The second kappa shape index (κ2) is 6.37. The van der Waals surface area contributed by atoms with Crippen LogP contribution in [0.25, 0.3) is 6.08 Å². The molecule has 1 heterocycles. The second-order valence-electron chi connectivity index (χ2n) is 5.10. The van der Waals surface area contributed by atoms with Crippen LogP contribution in [0.15, 0.2) is 54.6 Å². The summed E-state index contributed by atoms with van der Waals surface area (Å²) in [7, 11) is 0. The molecule has 0 saturated heterocycles. The average molecular weight is 278 g/mol. The predicted octanol–water partition coefficient (Wildman–Crippen LogP) is 2.98. The SMILES string of the molecule is O=C(/C=C/c1ccccc1)Nc1cccc2c1CCNC2. The number of carbonyl (C=O) groups excluding carboxylic acids is 1. The third kappa shape index (κ3) is 3.38. The predicted molar refractivity (Wildman–Crippen MR) is 86.0 cm³/mol. The van der Waals surface area contributed by atoms with Crippen molar-refractivity contribution in [1.82, 2.24) is 5.32 Å². The van der Waals surface area contributed by atoms with E-state index in [0.717, 1.165) is 30.8 Å². The van der Waals surface area contributed by atoms with Crippen molar-refractivity contribution in [1.29, 1.82) is 0 Å². The van der Waals surface area contributed by atoms with Gasteiger partial charge in [0.05, 0.1) is 0 Å². The van der Waals surface area contributed by atoms with Crippen LogP contribution in [0.2, 0.25) is 0 Å². The number of anilines is 1. The van der Waals surface area contributed by atoms with Crippen molar-refractivity contribution in [2.24, 2.45) is 0 Å². The van der Waals surface area contributed by atoms with E-state index < -0.39 is 0 Å². The van der Waals surface area contributed by atoms with Gasteiger partial charge in [0.25, 0.3) is 0 Å². The summed E-state index contributed by atoms with van der Waals surface area (Å²) in [5.41, 5.74) is 4.47. The highest BCUT2D eigenvalue weighted by Crippen LogP contribution is 2.23. The lowest BCUT2D eigenvalue weighted by Gasteiger charge is -2.20. The highest BCUT2D eigenvalue weighted by atomic mass is 16.1. The van der Waals surface area contributed by atoms with E-state index >= 15 is 0 Å². The molecule has 2 aromatic carbocycles. The first-order chi connectivity index (χ1) is 10.3. The van der Waals surface area contributed by atoms with Gasteiger partial charge < -0.3 is 10.6 Å². The molecule has 106 valence electrons. The van der Waals surface area contributed by atoms with Gasteiger partial charge in [0.1, 0.15) is 0 Å². The summed E-state index contributed by atoms with van der Waals surface area (Å²) >= 11 is 0. The smallest absolute Gasteiger partial charge is 0.248 e. The maximum atomic E-state index is 12.1. The van der Waals surface area contributed by atoms with Gasteiger partial charge in [-0.3, -0.25) is 4.79 Å². The molecule has 0 aliphatic carbocycles. The fourth-order valence-electron chi connectivity index (χ4n) is 2.56. The van der Waals surface area contributed by atoms with Crippen LogP contribution in [-0.4, -0.2) is 12.5 Å². The van der Waals surface area contributed by atoms with E-state index in [1.54, 1.807) is 6.08 Å². The van der Waals surface area contributed by atoms with E-state index in [-0.39, 0.29) is 5.91 Å². The summed E-state index contributed by atoms with van der Waals surface area (Å²) in [5.74, 6) is -0.0919. The Balaban J connectivity index is 1.72. The number of amides is 1. The van der Waals surface area contributed by atoms with Crippen molar-refractivity contribution >= 4 is 17.7 Å². The van der Waals surface area contributed by atoms with Crippen LogP contribution in [0.4, 0.5) is 5.69 Å². The largest absolute Gasteiger partial charge is 0.322 e. The van der Waals surface area contributed by atoms with Gasteiger partial charge in [-0.15, -0.1) is 0 Å². The molecule has 3 rings (SSSR count). The highest BCUT2D eigenvalue weighted by molar-refractivity contribution is 6.02. The lowest BCUT2D eigenvalue weighted by molar-refractivity contribution is -0.111. The van der Waals surface area contributed by atoms with Gasteiger partial charge in [-0.05, 0) is 41.8 Å². The zero-order valence-electron chi connectivity index (χ0n) is 11.8. The Morgan fingerprint density at radius 1 is 1.10 bits per heavy atom. The quantitative estimate of drug-likeness (QED) is 0.847. The Morgan fingerprint density at radius 2 is 1.95 bits per heavy atom. The summed E-state index contributed by atoms with van der Waals surface area (Å²) in [6, 6.07) is 15.9. The van der Waals surface area contributed by atoms with E-state index in [9.17, 15) is 4.79 Å². The van der Waals surface area contributed by atoms with Crippen molar-refractivity contribution in [3.05, 3.63) is 71.3 Å². The van der Waals surface area contributed by atoms with Crippen molar-refractivity contribution in [2.75, 3.05) is 11.9 Å². The van der Waals surface area contributed by atoms with Crippen LogP contribution in [0.3, 0.4) is 0 Å². The summed E-state index contributed by atoms with van der Waals surface area (Å²) in [6.45, 7) is 1.83. The Labute approximate surface area is 124 Å². The Kier molecular flexibility index (Phi) is 4.12. The molecule has 0 bridgehead atoms. The summed E-state index contributed by atoms with van der Waals surface area (Å²) in [6.07, 6.45) is 4.36. The Bertz CT molecular complexity index is 662. The van der Waals surface area contributed by atoms with Gasteiger partial charge >= 0.3 is 0 Å². The number of rotatable bonds is 3. The molecule has 2 aromatic rings. The summed E-state index contributed by atoms with van der Waals surface area (Å²) in [4.78, 5) is 12.1. The lowest BCUT2D eigenvalue weighted by atomic mass is 9.99. The normalized spacial score (nSPS) is 13.9. The molecule has 1 aliphatic rings. The van der Waals surface area contributed by atoms with Gasteiger partial charge in [0.15, 0.2) is 0 Å². The van der Waals surface area contributed by atoms with Crippen molar-refractivity contribution < 1.29 is 4.79 Å². The van der Waals surface area contributed by atoms with E-state index in [2.05, 4.69) is 16.7 Å². The van der Waals surface area contributed by atoms with Crippen LogP contribution in [-0.2, 0) is 17.8 Å². The minimum absolute atomic E-state index is 0.0919. The number of hydrogen-bond donors (Lipinski definition) is 2. The molecule has 0 radical (unpaired) electrons. The van der Waals surface area contributed by atoms with E-state index in [1.165, 1.54) is 11.1 Å². The monoisotopic (exact) mass is 278 g/mol. The van der Waals surface area contributed by atoms with E-state index in [1.807, 2.05) is 48.5 Å². The maximum absolute atomic E-state index is 12.1. The average Bonchev–Trinajstić information content (AvgIpc) is 2.54. The molecule has 0 spiro atoms. The summed E-state index contributed by atoms with van der Waals surface area (Å²) in [5, 5.41) is 6.33. The van der Waals surface area contributed by atoms with Gasteiger partial charge in [-0.1, -0.05) is 42.5 Å². The molecule has 1 aliphatic heterocycles. The highest BCUT2D eigenvalue weighted by Gasteiger charge is 2.13. The summed E-state index contributed by atoms with van der Waals surface area (Å²) < 4.78 is 0. The maximum Gasteiger partial charge on any atom is 0.248 e. The number of fused-ring (bicyclic) bond motifs is 1. The first-order valence-corrected chi connectivity index (χ1v) is 7.18. The second-order valence-corrected chi connectivity index (χ2v) is 5.10. The third-order valence-electron chi connectivity index (χ3n) is 3.62. The minimum Gasteiger partial charge on any atom is -0.322 e. The molecule has 0 unspecified atom stereocenters. The first-order valence-electron chi connectivity index (χ1n) is 7.18. The first kappa shape index (κ1) is 13.6. The van der Waals surface area contributed by atoms with Crippen molar-refractivity contribution in [3.63, 3.8) is 0 Å². The fourth-order valence-corrected chi connectivity index (χ4v) is 2.56. The van der Waals surface area contributed by atoms with Crippen molar-refractivity contribution in [3.8, 4) is 0 Å². The number of hydrogen-bond acceptors (Lipinski definition) is 2.